The lowest BCUT2D eigenvalue weighted by Gasteiger charge is -2.60. The van der Waals surface area contributed by atoms with Gasteiger partial charge in [0.1, 0.15) is 11.5 Å². The Hall–Kier alpha value is -3.01. The molecule has 0 bridgehead atoms. The summed E-state index contributed by atoms with van der Waals surface area (Å²) in [7, 11) is 3.85. The average molecular weight is 689 g/mol. The Morgan fingerprint density at radius 1 is 1.10 bits per heavy atom. The molecule has 6 unspecified atom stereocenters. The van der Waals surface area contributed by atoms with Crippen molar-refractivity contribution in [1.29, 1.82) is 5.26 Å². The van der Waals surface area contributed by atoms with Gasteiger partial charge in [0.25, 0.3) is 0 Å². The van der Waals surface area contributed by atoms with Gasteiger partial charge in [0.2, 0.25) is 5.91 Å². The SMILES string of the molecule is C=CC(=O)N1CCN(C2C3CC[C@]4(CCc5cc(OC)ccc5O4)C(=O)C3NC(OCC3CCCN3C)N2C2CCCCCC2)CC1CC#N. The topological polar surface area (TPSA) is 111 Å². The van der Waals surface area contributed by atoms with E-state index in [0.29, 0.717) is 51.2 Å². The lowest BCUT2D eigenvalue weighted by atomic mass is 9.68. The second-order valence-corrected chi connectivity index (χ2v) is 15.5. The fraction of sp³-hybridized carbons (Fsp3) is 0.718. The molecule has 4 heterocycles. The molecule has 1 spiro atoms. The number of hydrogen-bond acceptors (Lipinski definition) is 10. The summed E-state index contributed by atoms with van der Waals surface area (Å²) in [6.45, 7) is 7.18. The monoisotopic (exact) mass is 688 g/mol. The van der Waals surface area contributed by atoms with Gasteiger partial charge in [-0.1, -0.05) is 32.3 Å². The Labute approximate surface area is 297 Å². The average Bonchev–Trinajstić information content (AvgIpc) is 3.36. The fourth-order valence-corrected chi connectivity index (χ4v) is 9.97. The molecule has 1 amide bonds. The van der Waals surface area contributed by atoms with E-state index in [2.05, 4.69) is 39.7 Å². The molecule has 5 fully saturated rings. The summed E-state index contributed by atoms with van der Waals surface area (Å²) in [4.78, 5) is 37.2. The molecule has 3 saturated heterocycles. The van der Waals surface area contributed by atoms with E-state index in [1.807, 2.05) is 23.1 Å². The highest BCUT2D eigenvalue weighted by Gasteiger charge is 2.59. The molecule has 0 aromatic heterocycles. The van der Waals surface area contributed by atoms with E-state index >= 15 is 4.79 Å². The molecule has 50 heavy (non-hydrogen) atoms. The molecule has 11 nitrogen and oxygen atoms in total. The maximum absolute atomic E-state index is 15.0. The van der Waals surface area contributed by atoms with Crippen LogP contribution >= 0.6 is 0 Å². The van der Waals surface area contributed by atoms with Gasteiger partial charge in [0.15, 0.2) is 17.7 Å². The molecular weight excluding hydrogens is 632 g/mol. The second-order valence-electron chi connectivity index (χ2n) is 15.5. The number of ether oxygens (including phenoxy) is 3. The summed E-state index contributed by atoms with van der Waals surface area (Å²) in [6, 6.07) is 8.20. The molecule has 1 aromatic carbocycles. The van der Waals surface area contributed by atoms with Gasteiger partial charge in [0, 0.05) is 37.6 Å². The highest BCUT2D eigenvalue weighted by atomic mass is 16.5. The molecule has 6 aliphatic rings. The number of hydrogen-bond donors (Lipinski definition) is 1. The van der Waals surface area contributed by atoms with Gasteiger partial charge in [-0.2, -0.15) is 5.26 Å². The predicted octanol–water partition coefficient (Wildman–Crippen LogP) is 4.07. The molecule has 7 rings (SSSR count). The lowest BCUT2D eigenvalue weighted by Crippen LogP contribution is -2.78. The van der Waals surface area contributed by atoms with Crippen molar-refractivity contribution in [1.82, 2.24) is 24.9 Å². The minimum Gasteiger partial charge on any atom is -0.497 e. The van der Waals surface area contributed by atoms with E-state index in [9.17, 15) is 10.1 Å². The third kappa shape index (κ3) is 6.82. The largest absolute Gasteiger partial charge is 0.497 e. The number of aryl methyl sites for hydroxylation is 1. The van der Waals surface area contributed by atoms with E-state index in [4.69, 9.17) is 14.2 Å². The van der Waals surface area contributed by atoms with E-state index in [1.165, 1.54) is 38.2 Å². The molecule has 2 saturated carbocycles. The van der Waals surface area contributed by atoms with Crippen LogP contribution in [0.3, 0.4) is 0 Å². The fourth-order valence-electron chi connectivity index (χ4n) is 9.97. The Bertz CT molecular complexity index is 1440. The van der Waals surface area contributed by atoms with Crippen LogP contribution in [0.5, 0.6) is 11.5 Å². The van der Waals surface area contributed by atoms with Crippen LogP contribution in [0.4, 0.5) is 0 Å². The van der Waals surface area contributed by atoms with Crippen LogP contribution in [0, 0.1) is 17.2 Å². The minimum atomic E-state index is -0.889. The second kappa shape index (κ2) is 15.3. The Morgan fingerprint density at radius 2 is 1.92 bits per heavy atom. The normalized spacial score (nSPS) is 34.3. The summed E-state index contributed by atoms with van der Waals surface area (Å²) < 4.78 is 19.2. The first kappa shape index (κ1) is 35.4. The number of likely N-dealkylation sites (N-methyl/N-ethyl adjacent to an activating group) is 1. The molecule has 1 N–H and O–H groups in total. The van der Waals surface area contributed by atoms with Gasteiger partial charge in [0.05, 0.1) is 44.5 Å². The minimum absolute atomic E-state index is 0.00985. The number of Topliss-reactive ketones (excluding diaryl/α,β-unsaturated/α-hetero) is 1. The predicted molar refractivity (Wildman–Crippen MR) is 189 cm³/mol. The molecule has 11 heteroatoms. The van der Waals surface area contributed by atoms with Crippen molar-refractivity contribution >= 4 is 11.7 Å². The number of methoxy groups -OCH3 is 1. The summed E-state index contributed by atoms with van der Waals surface area (Å²) >= 11 is 0. The van der Waals surface area contributed by atoms with Crippen LogP contribution in [-0.4, -0.2) is 121 Å². The third-order valence-electron chi connectivity index (χ3n) is 12.7. The summed E-state index contributed by atoms with van der Waals surface area (Å²) in [5, 5.41) is 13.7. The van der Waals surface area contributed by atoms with E-state index in [0.717, 1.165) is 55.7 Å². The zero-order chi connectivity index (χ0) is 34.8. The van der Waals surface area contributed by atoms with Gasteiger partial charge >= 0.3 is 0 Å². The van der Waals surface area contributed by atoms with Crippen molar-refractivity contribution in [2.24, 2.45) is 5.92 Å². The Morgan fingerprint density at radius 3 is 2.64 bits per heavy atom. The number of likely N-dealkylation sites (tertiary alicyclic amines) is 1. The van der Waals surface area contributed by atoms with Crippen LogP contribution < -0.4 is 14.8 Å². The molecule has 2 aliphatic carbocycles. The molecule has 1 aromatic rings. The maximum atomic E-state index is 15.0. The number of carbonyl (C=O) groups excluding carboxylic acids is 2. The van der Waals surface area contributed by atoms with Crippen molar-refractivity contribution in [2.45, 2.75) is 126 Å². The molecule has 0 radical (unpaired) electrons. The molecule has 4 aliphatic heterocycles. The lowest BCUT2D eigenvalue weighted by molar-refractivity contribution is -0.218. The summed E-state index contributed by atoms with van der Waals surface area (Å²) in [5.74, 6) is 1.58. The molecular formula is C39H56N6O5. The zero-order valence-electron chi connectivity index (χ0n) is 30.1. The number of rotatable bonds is 8. The van der Waals surface area contributed by atoms with Crippen molar-refractivity contribution < 1.29 is 23.8 Å². The first-order valence-corrected chi connectivity index (χ1v) is 19.2. The van der Waals surface area contributed by atoms with Crippen molar-refractivity contribution in [3.8, 4) is 17.6 Å². The van der Waals surface area contributed by atoms with Gasteiger partial charge in [-0.05, 0) is 94.8 Å². The van der Waals surface area contributed by atoms with Crippen LogP contribution in [-0.2, 0) is 20.7 Å². The highest BCUT2D eigenvalue weighted by molar-refractivity contribution is 5.94. The number of fused-ring (bicyclic) bond motifs is 2. The number of nitrogens with one attached hydrogen (secondary N) is 1. The van der Waals surface area contributed by atoms with Crippen molar-refractivity contribution in [3.63, 3.8) is 0 Å². The number of nitriles is 1. The van der Waals surface area contributed by atoms with E-state index in [-0.39, 0.29) is 36.2 Å². The van der Waals surface area contributed by atoms with Gasteiger partial charge < -0.3 is 24.0 Å². The third-order valence-corrected chi connectivity index (χ3v) is 12.7. The summed E-state index contributed by atoms with van der Waals surface area (Å²) in [6.07, 6.45) is 13.3. The number of carbonyl (C=O) groups is 2. The Kier molecular flexibility index (Phi) is 10.8. The van der Waals surface area contributed by atoms with E-state index < -0.39 is 18.0 Å². The van der Waals surface area contributed by atoms with Gasteiger partial charge in [-0.15, -0.1) is 0 Å². The number of amides is 1. The van der Waals surface area contributed by atoms with Crippen molar-refractivity contribution in [2.75, 3.05) is 46.9 Å². The zero-order valence-corrected chi connectivity index (χ0v) is 30.1. The van der Waals surface area contributed by atoms with Crippen molar-refractivity contribution in [3.05, 3.63) is 36.4 Å². The number of nitrogens with zero attached hydrogens (tertiary/aromatic N) is 5. The van der Waals surface area contributed by atoms with Crippen LogP contribution in [0.25, 0.3) is 0 Å². The summed E-state index contributed by atoms with van der Waals surface area (Å²) in [5.41, 5.74) is 0.190. The molecule has 7 atom stereocenters. The number of piperazine rings is 1. The standard InChI is InChI=1S/C39H56N6O5/c1-4-34(46)44-23-22-43(25-29(44)17-20-40)37-32-16-19-39(18-15-27-24-31(48-3)13-14-33(27)50-39)36(47)35(32)41-38(49-26-30-12-9-21-42(30)2)45(37)28-10-7-5-6-8-11-28/h4,13-14,24,28-30,32,35,37-38,41H,1,5-12,15-19,21-23,25-26H2,2-3H3/t29?,30?,32?,35?,37?,38?,39-/m1/s1. The van der Waals surface area contributed by atoms with Crippen LogP contribution in [0.1, 0.15) is 82.6 Å². The molecule has 272 valence electrons. The van der Waals surface area contributed by atoms with Crippen LogP contribution in [0.15, 0.2) is 30.9 Å². The first-order valence-electron chi connectivity index (χ1n) is 19.2. The maximum Gasteiger partial charge on any atom is 0.246 e. The van der Waals surface area contributed by atoms with Gasteiger partial charge in [-0.3, -0.25) is 19.8 Å². The number of ketones is 1. The van der Waals surface area contributed by atoms with Gasteiger partial charge in [-0.25, -0.2) is 4.90 Å². The smallest absolute Gasteiger partial charge is 0.246 e. The van der Waals surface area contributed by atoms with E-state index in [1.54, 1.807) is 7.11 Å². The number of benzene rings is 1. The quantitative estimate of drug-likeness (QED) is 0.317. The highest BCUT2D eigenvalue weighted by Crippen LogP contribution is 2.47. The Balaban J connectivity index is 1.23. The first-order chi connectivity index (χ1) is 24.4. The van der Waals surface area contributed by atoms with Crippen LogP contribution in [0.2, 0.25) is 0 Å².